The van der Waals surface area contributed by atoms with Crippen molar-refractivity contribution in [1.82, 2.24) is 0 Å². The smallest absolute Gasteiger partial charge is 0.143 e. The molecule has 0 aliphatic heterocycles. The second-order valence-corrected chi connectivity index (χ2v) is 16.8. The maximum Gasteiger partial charge on any atom is 0.143 e. The molecule has 1 aliphatic rings. The second kappa shape index (κ2) is 13.7. The van der Waals surface area contributed by atoms with E-state index in [1.165, 1.54) is 60.7 Å². The monoisotopic (exact) mass is 779 g/mol. The lowest BCUT2D eigenvalue weighted by Gasteiger charge is -2.30. The molecule has 0 bridgehead atoms. The Balaban J connectivity index is 1.14. The van der Waals surface area contributed by atoms with Crippen molar-refractivity contribution in [3.8, 4) is 44.5 Å². The van der Waals surface area contributed by atoms with Crippen LogP contribution >= 0.6 is 0 Å². The molecular weight excluding hydrogens is 739 g/mol. The fraction of sp³-hybridized carbons (Fsp3) is 0.0508. The lowest BCUT2D eigenvalue weighted by atomic mass is 9.82. The lowest BCUT2D eigenvalue weighted by Crippen LogP contribution is -2.17. The van der Waals surface area contributed by atoms with E-state index < -0.39 is 0 Å². The summed E-state index contributed by atoms with van der Waals surface area (Å²) >= 11 is 0. The minimum Gasteiger partial charge on any atom is -0.455 e. The van der Waals surface area contributed by atoms with E-state index >= 15 is 0 Å². The third kappa shape index (κ3) is 5.49. The molecular formula is C59H41NO. The minimum absolute atomic E-state index is 0.172. The van der Waals surface area contributed by atoms with Gasteiger partial charge in [0.25, 0.3) is 0 Å². The summed E-state index contributed by atoms with van der Waals surface area (Å²) < 4.78 is 7.07. The summed E-state index contributed by atoms with van der Waals surface area (Å²) in [6.07, 6.45) is 0. The Labute approximate surface area is 355 Å². The van der Waals surface area contributed by atoms with Gasteiger partial charge in [0.15, 0.2) is 0 Å². The topological polar surface area (TPSA) is 16.4 Å². The van der Waals surface area contributed by atoms with Gasteiger partial charge in [0.05, 0.1) is 11.1 Å². The summed E-state index contributed by atoms with van der Waals surface area (Å²) in [5.74, 6) is 0. The molecule has 1 heterocycles. The molecule has 10 aromatic carbocycles. The van der Waals surface area contributed by atoms with E-state index in [0.717, 1.165) is 55.5 Å². The highest BCUT2D eigenvalue weighted by atomic mass is 16.3. The van der Waals surface area contributed by atoms with Crippen molar-refractivity contribution in [2.45, 2.75) is 19.3 Å². The van der Waals surface area contributed by atoms with Gasteiger partial charge in [-0.25, -0.2) is 0 Å². The second-order valence-electron chi connectivity index (χ2n) is 16.8. The van der Waals surface area contributed by atoms with Crippen LogP contribution in [-0.4, -0.2) is 0 Å². The van der Waals surface area contributed by atoms with Crippen LogP contribution in [0.3, 0.4) is 0 Å². The van der Waals surface area contributed by atoms with Crippen molar-refractivity contribution >= 4 is 60.5 Å². The number of anilines is 3. The Morgan fingerprint density at radius 2 is 0.852 bits per heavy atom. The summed E-state index contributed by atoms with van der Waals surface area (Å²) in [7, 11) is 0. The van der Waals surface area contributed by atoms with E-state index in [2.05, 4.69) is 231 Å². The third-order valence-corrected chi connectivity index (χ3v) is 13.1. The van der Waals surface area contributed by atoms with Gasteiger partial charge >= 0.3 is 0 Å². The highest BCUT2D eigenvalue weighted by Gasteiger charge is 2.36. The Morgan fingerprint density at radius 3 is 1.54 bits per heavy atom. The maximum absolute atomic E-state index is 7.07. The van der Waals surface area contributed by atoms with Crippen LogP contribution in [0.5, 0.6) is 0 Å². The fourth-order valence-electron chi connectivity index (χ4n) is 10.1. The van der Waals surface area contributed by atoms with Gasteiger partial charge in [-0.3, -0.25) is 0 Å². The molecule has 288 valence electrons. The molecule has 0 saturated heterocycles. The Kier molecular flexibility index (Phi) is 7.92. The van der Waals surface area contributed by atoms with E-state index in [-0.39, 0.29) is 5.41 Å². The first-order chi connectivity index (χ1) is 30.0. The average Bonchev–Trinajstić information content (AvgIpc) is 3.83. The third-order valence-electron chi connectivity index (χ3n) is 13.1. The van der Waals surface area contributed by atoms with Gasteiger partial charge in [0, 0.05) is 33.1 Å². The first-order valence-corrected chi connectivity index (χ1v) is 21.2. The molecule has 0 atom stereocenters. The summed E-state index contributed by atoms with van der Waals surface area (Å²) in [5, 5.41) is 6.94. The summed E-state index contributed by atoms with van der Waals surface area (Å²) in [6.45, 7) is 4.72. The highest BCUT2D eigenvalue weighted by Crippen LogP contribution is 2.54. The molecule has 1 aromatic heterocycles. The summed E-state index contributed by atoms with van der Waals surface area (Å²) in [6, 6.07) is 77.3. The van der Waals surface area contributed by atoms with Crippen molar-refractivity contribution < 1.29 is 4.42 Å². The van der Waals surface area contributed by atoms with Crippen LogP contribution < -0.4 is 4.90 Å². The minimum atomic E-state index is -0.172. The molecule has 12 rings (SSSR count). The van der Waals surface area contributed by atoms with Crippen LogP contribution in [0.25, 0.3) is 88.0 Å². The molecule has 0 fully saturated rings. The average molecular weight is 780 g/mol. The zero-order valence-electron chi connectivity index (χ0n) is 34.1. The van der Waals surface area contributed by atoms with Gasteiger partial charge in [-0.15, -0.1) is 0 Å². The Morgan fingerprint density at radius 1 is 0.361 bits per heavy atom. The van der Waals surface area contributed by atoms with E-state index in [1.807, 2.05) is 0 Å². The normalized spacial score (nSPS) is 12.9. The fourth-order valence-corrected chi connectivity index (χ4v) is 10.1. The van der Waals surface area contributed by atoms with Crippen molar-refractivity contribution in [3.05, 3.63) is 223 Å². The molecule has 0 unspecified atom stereocenters. The number of nitrogens with zero attached hydrogens (tertiary/aromatic N) is 1. The molecule has 1 aliphatic carbocycles. The SMILES string of the molecule is CC1(C)c2ccccc2-c2ccc(N(c3ccc(-c4ccc(-c5ccccc5)cc4)cc3)c3c(-c4ccccc4)ccc4oc5c6ccccc6c6ccccc6c5c34)cc21. The molecule has 0 radical (unpaired) electrons. The van der Waals surface area contributed by atoms with Gasteiger partial charge in [0.1, 0.15) is 11.2 Å². The zero-order valence-corrected chi connectivity index (χ0v) is 34.1. The number of rotatable bonds is 6. The van der Waals surface area contributed by atoms with E-state index in [4.69, 9.17) is 4.42 Å². The van der Waals surface area contributed by atoms with Gasteiger partial charge in [-0.1, -0.05) is 190 Å². The standard InChI is InChI=1S/C59H41NO/c1-59(2)52-24-14-13-21-48(52)49-34-33-44(37-53(49)59)60(43-31-29-41(30-32-43)40-27-25-39(26-28-40)38-15-5-3-6-16-38)57-45(42-17-7-4-8-18-42)35-36-54-56(57)55-50-22-11-9-19-46(50)47-20-10-12-23-51(47)58(55)61-54/h3-37H,1-2H3. The largest absolute Gasteiger partial charge is 0.455 e. The zero-order chi connectivity index (χ0) is 40.7. The molecule has 11 aromatic rings. The van der Waals surface area contributed by atoms with E-state index in [1.54, 1.807) is 0 Å². The van der Waals surface area contributed by atoms with Crippen LogP contribution in [-0.2, 0) is 5.41 Å². The van der Waals surface area contributed by atoms with Crippen molar-refractivity contribution in [1.29, 1.82) is 0 Å². The van der Waals surface area contributed by atoms with Gasteiger partial charge in [-0.2, -0.15) is 0 Å². The van der Waals surface area contributed by atoms with Crippen molar-refractivity contribution in [3.63, 3.8) is 0 Å². The first-order valence-electron chi connectivity index (χ1n) is 21.2. The molecule has 0 spiro atoms. The predicted octanol–water partition coefficient (Wildman–Crippen LogP) is 16.7. The van der Waals surface area contributed by atoms with Crippen LogP contribution in [0.4, 0.5) is 17.1 Å². The lowest BCUT2D eigenvalue weighted by molar-refractivity contribution is 0.660. The summed E-state index contributed by atoms with van der Waals surface area (Å²) in [5.41, 5.74) is 17.2. The molecule has 61 heavy (non-hydrogen) atoms. The number of fused-ring (bicyclic) bond motifs is 11. The number of benzene rings is 10. The van der Waals surface area contributed by atoms with Crippen LogP contribution in [0.15, 0.2) is 217 Å². The molecule has 2 heteroatoms. The van der Waals surface area contributed by atoms with Crippen molar-refractivity contribution in [2.24, 2.45) is 0 Å². The van der Waals surface area contributed by atoms with E-state index in [0.29, 0.717) is 0 Å². The van der Waals surface area contributed by atoms with Crippen LogP contribution in [0.2, 0.25) is 0 Å². The summed E-state index contributed by atoms with van der Waals surface area (Å²) in [4.78, 5) is 2.49. The predicted molar refractivity (Wildman–Crippen MR) is 257 cm³/mol. The van der Waals surface area contributed by atoms with Crippen LogP contribution in [0.1, 0.15) is 25.0 Å². The maximum atomic E-state index is 7.07. The van der Waals surface area contributed by atoms with Gasteiger partial charge < -0.3 is 9.32 Å². The molecule has 0 N–H and O–H groups in total. The number of hydrogen-bond donors (Lipinski definition) is 0. The number of hydrogen-bond acceptors (Lipinski definition) is 2. The molecule has 2 nitrogen and oxygen atoms in total. The Hall–Kier alpha value is -7.68. The molecule has 0 amide bonds. The number of furan rings is 1. The molecule has 0 saturated carbocycles. The van der Waals surface area contributed by atoms with Gasteiger partial charge in [0.2, 0.25) is 0 Å². The highest BCUT2D eigenvalue weighted by molar-refractivity contribution is 6.33. The van der Waals surface area contributed by atoms with E-state index in [9.17, 15) is 0 Å². The van der Waals surface area contributed by atoms with Gasteiger partial charge in [-0.05, 0) is 103 Å². The quantitative estimate of drug-likeness (QED) is 0.156. The Bertz CT molecular complexity index is 3470. The first kappa shape index (κ1) is 35.3. The van der Waals surface area contributed by atoms with Crippen molar-refractivity contribution in [2.75, 3.05) is 4.90 Å². The van der Waals surface area contributed by atoms with Crippen LogP contribution in [0, 0.1) is 0 Å².